The summed E-state index contributed by atoms with van der Waals surface area (Å²) in [5.41, 5.74) is 6.01. The first-order valence-electron chi connectivity index (χ1n) is 5.39. The molecule has 0 atom stereocenters. The Balaban J connectivity index is 2.32. The van der Waals surface area contributed by atoms with Crippen molar-refractivity contribution in [2.24, 2.45) is 0 Å². The van der Waals surface area contributed by atoms with E-state index in [1.54, 1.807) is 12.1 Å². The van der Waals surface area contributed by atoms with Gasteiger partial charge in [0, 0.05) is 16.2 Å². The van der Waals surface area contributed by atoms with E-state index in [1.807, 2.05) is 0 Å². The Morgan fingerprint density at radius 2 is 1.80 bits per heavy atom. The summed E-state index contributed by atoms with van der Waals surface area (Å²) in [5.74, 6) is -2.20. The second-order valence-electron chi connectivity index (χ2n) is 3.93. The highest BCUT2D eigenvalue weighted by molar-refractivity contribution is 9.10. The lowest BCUT2D eigenvalue weighted by atomic mass is 10.1. The van der Waals surface area contributed by atoms with Crippen LogP contribution in [-0.4, -0.2) is 5.91 Å². The average Bonchev–Trinajstić information content (AvgIpc) is 2.38. The Morgan fingerprint density at radius 1 is 1.10 bits per heavy atom. The number of nitrogen functional groups attached to an aromatic ring is 1. The fraction of sp³-hybridized carbons (Fsp3) is 0. The van der Waals surface area contributed by atoms with Gasteiger partial charge in [-0.15, -0.1) is 0 Å². The van der Waals surface area contributed by atoms with Gasteiger partial charge >= 0.3 is 0 Å². The van der Waals surface area contributed by atoms with Gasteiger partial charge in [0.15, 0.2) is 0 Å². The molecule has 2 aromatic carbocycles. The Morgan fingerprint density at radius 3 is 2.50 bits per heavy atom. The molecule has 0 unspecified atom stereocenters. The zero-order valence-corrected chi connectivity index (χ0v) is 13.1. The molecule has 0 spiro atoms. The maximum atomic E-state index is 13.6. The zero-order chi connectivity index (χ0) is 14.9. The molecule has 3 nitrogen and oxygen atoms in total. The average molecular weight is 406 g/mol. The molecule has 0 aliphatic rings. The van der Waals surface area contributed by atoms with Gasteiger partial charge in [0.05, 0.1) is 15.7 Å². The van der Waals surface area contributed by atoms with Crippen LogP contribution in [-0.2, 0) is 0 Å². The van der Waals surface area contributed by atoms with E-state index in [-0.39, 0.29) is 21.4 Å². The molecular formula is C13H8Br2F2N2O. The summed E-state index contributed by atoms with van der Waals surface area (Å²) >= 11 is 6.15. The third-order valence-electron chi connectivity index (χ3n) is 2.52. The molecule has 0 saturated carbocycles. The molecule has 7 heteroatoms. The summed E-state index contributed by atoms with van der Waals surface area (Å²) in [6.07, 6.45) is 0. The molecule has 0 aromatic heterocycles. The minimum absolute atomic E-state index is 0.0522. The van der Waals surface area contributed by atoms with Gasteiger partial charge in [-0.2, -0.15) is 0 Å². The van der Waals surface area contributed by atoms with Crippen molar-refractivity contribution in [2.45, 2.75) is 0 Å². The molecule has 0 bridgehead atoms. The van der Waals surface area contributed by atoms with Crippen LogP contribution >= 0.6 is 31.9 Å². The molecule has 0 saturated heterocycles. The summed E-state index contributed by atoms with van der Waals surface area (Å²) in [6, 6.07) is 6.58. The number of carbonyl (C=O) groups excluding carboxylic acids is 1. The van der Waals surface area contributed by atoms with Gasteiger partial charge < -0.3 is 11.1 Å². The van der Waals surface area contributed by atoms with Crippen molar-refractivity contribution in [2.75, 3.05) is 11.1 Å². The van der Waals surface area contributed by atoms with Crippen LogP contribution in [0, 0.1) is 11.6 Å². The Hall–Kier alpha value is -1.47. The molecule has 2 rings (SSSR count). The van der Waals surface area contributed by atoms with Crippen LogP contribution in [0.2, 0.25) is 0 Å². The van der Waals surface area contributed by atoms with Crippen molar-refractivity contribution in [1.82, 2.24) is 0 Å². The number of rotatable bonds is 2. The van der Waals surface area contributed by atoms with Gasteiger partial charge in [0.2, 0.25) is 0 Å². The van der Waals surface area contributed by atoms with Crippen LogP contribution in [0.3, 0.4) is 0 Å². The first kappa shape index (κ1) is 14.9. The van der Waals surface area contributed by atoms with Gasteiger partial charge in [-0.3, -0.25) is 4.79 Å². The van der Waals surface area contributed by atoms with Crippen LogP contribution in [0.5, 0.6) is 0 Å². The monoisotopic (exact) mass is 404 g/mol. The van der Waals surface area contributed by atoms with Crippen LogP contribution in [0.15, 0.2) is 39.3 Å². The molecule has 0 fully saturated rings. The predicted molar refractivity (Wildman–Crippen MR) is 80.6 cm³/mol. The summed E-state index contributed by atoms with van der Waals surface area (Å²) in [7, 11) is 0. The normalized spacial score (nSPS) is 10.4. The Kier molecular flexibility index (Phi) is 4.39. The Labute approximate surface area is 130 Å². The van der Waals surface area contributed by atoms with E-state index in [0.717, 1.165) is 6.07 Å². The van der Waals surface area contributed by atoms with Gasteiger partial charge in [0.25, 0.3) is 5.91 Å². The van der Waals surface area contributed by atoms with Gasteiger partial charge in [-0.1, -0.05) is 15.9 Å². The third kappa shape index (κ3) is 3.16. The van der Waals surface area contributed by atoms with Gasteiger partial charge in [-0.25, -0.2) is 8.78 Å². The highest BCUT2D eigenvalue weighted by Crippen LogP contribution is 2.25. The second kappa shape index (κ2) is 5.88. The molecule has 0 aliphatic carbocycles. The summed E-state index contributed by atoms with van der Waals surface area (Å²) < 4.78 is 27.4. The van der Waals surface area contributed by atoms with Crippen LogP contribution < -0.4 is 11.1 Å². The lowest BCUT2D eigenvalue weighted by Gasteiger charge is -2.09. The lowest BCUT2D eigenvalue weighted by Crippen LogP contribution is -2.15. The summed E-state index contributed by atoms with van der Waals surface area (Å²) in [6.45, 7) is 0. The number of anilines is 2. The number of carbonyl (C=O) groups is 1. The van der Waals surface area contributed by atoms with Crippen LogP contribution in [0.25, 0.3) is 0 Å². The molecule has 0 aliphatic heterocycles. The van der Waals surface area contributed by atoms with Crippen molar-refractivity contribution >= 4 is 49.1 Å². The molecular weight excluding hydrogens is 398 g/mol. The van der Waals surface area contributed by atoms with Gasteiger partial charge in [-0.05, 0) is 40.2 Å². The largest absolute Gasteiger partial charge is 0.398 e. The summed E-state index contributed by atoms with van der Waals surface area (Å²) in [4.78, 5) is 12.0. The molecule has 0 heterocycles. The topological polar surface area (TPSA) is 55.1 Å². The maximum Gasteiger partial charge on any atom is 0.257 e. The highest BCUT2D eigenvalue weighted by atomic mass is 79.9. The second-order valence-corrected chi connectivity index (χ2v) is 5.70. The van der Waals surface area contributed by atoms with Crippen molar-refractivity contribution in [1.29, 1.82) is 0 Å². The summed E-state index contributed by atoms with van der Waals surface area (Å²) in [5, 5.41) is 2.35. The van der Waals surface area contributed by atoms with E-state index < -0.39 is 17.5 Å². The smallest absolute Gasteiger partial charge is 0.257 e. The quantitative estimate of drug-likeness (QED) is 0.577. The number of nitrogens with one attached hydrogen (secondary N) is 1. The van der Waals surface area contributed by atoms with Crippen molar-refractivity contribution in [3.8, 4) is 0 Å². The zero-order valence-electron chi connectivity index (χ0n) is 9.88. The number of amides is 1. The van der Waals surface area contributed by atoms with Crippen LogP contribution in [0.4, 0.5) is 20.2 Å². The van der Waals surface area contributed by atoms with E-state index in [0.29, 0.717) is 10.5 Å². The number of hydrogen-bond acceptors (Lipinski definition) is 2. The molecule has 1 amide bonds. The fourth-order valence-electron chi connectivity index (χ4n) is 1.53. The Bertz CT molecular complexity index is 692. The van der Waals surface area contributed by atoms with E-state index in [4.69, 9.17) is 5.73 Å². The van der Waals surface area contributed by atoms with E-state index in [1.165, 1.54) is 6.07 Å². The van der Waals surface area contributed by atoms with Crippen molar-refractivity contribution in [3.63, 3.8) is 0 Å². The van der Waals surface area contributed by atoms with E-state index in [2.05, 4.69) is 37.2 Å². The molecule has 0 radical (unpaired) electrons. The fourth-order valence-corrected chi connectivity index (χ4v) is 2.24. The van der Waals surface area contributed by atoms with E-state index in [9.17, 15) is 13.6 Å². The number of nitrogens with two attached hydrogens (primary N) is 1. The highest BCUT2D eigenvalue weighted by Gasteiger charge is 2.14. The first-order valence-corrected chi connectivity index (χ1v) is 6.98. The van der Waals surface area contributed by atoms with E-state index >= 15 is 0 Å². The minimum Gasteiger partial charge on any atom is -0.398 e. The molecule has 3 N–H and O–H groups in total. The van der Waals surface area contributed by atoms with Crippen molar-refractivity contribution < 1.29 is 13.6 Å². The first-order chi connectivity index (χ1) is 9.38. The SMILES string of the molecule is Nc1ccc(Br)cc1C(=O)Nc1cc(Br)c(F)cc1F. The van der Waals surface area contributed by atoms with Gasteiger partial charge in [0.1, 0.15) is 11.6 Å². The van der Waals surface area contributed by atoms with Crippen LogP contribution in [0.1, 0.15) is 10.4 Å². The minimum atomic E-state index is -0.868. The third-order valence-corrected chi connectivity index (χ3v) is 3.62. The number of benzene rings is 2. The maximum absolute atomic E-state index is 13.6. The molecule has 2 aromatic rings. The number of hydrogen-bond donors (Lipinski definition) is 2. The molecule has 20 heavy (non-hydrogen) atoms. The molecule has 104 valence electrons. The predicted octanol–water partition coefficient (Wildman–Crippen LogP) is 4.32. The number of halogens is 4. The standard InChI is InChI=1S/C13H8Br2F2N2O/c14-6-1-2-11(18)7(3-6)13(20)19-12-4-8(15)9(16)5-10(12)17/h1-5H,18H2,(H,19,20). The lowest BCUT2D eigenvalue weighted by molar-refractivity contribution is 0.102. The van der Waals surface area contributed by atoms with Crippen molar-refractivity contribution in [3.05, 3.63) is 56.5 Å².